The summed E-state index contributed by atoms with van der Waals surface area (Å²) in [6.07, 6.45) is 7.50. The van der Waals surface area contributed by atoms with E-state index in [9.17, 15) is 4.79 Å². The molecule has 1 heterocycles. The second-order valence-corrected chi connectivity index (χ2v) is 7.60. The topological polar surface area (TPSA) is 46.9 Å². The number of amides is 1. The number of carbonyl (C=O) groups excluding carboxylic acids is 1. The maximum atomic E-state index is 12.5. The molecule has 0 aliphatic heterocycles. The van der Waals surface area contributed by atoms with Crippen molar-refractivity contribution in [2.45, 2.75) is 44.9 Å². The zero-order valence-electron chi connectivity index (χ0n) is 15.9. The number of carbonyl (C=O) groups is 1. The number of rotatable bonds is 5. The van der Waals surface area contributed by atoms with Crippen LogP contribution in [0.2, 0.25) is 0 Å². The van der Waals surface area contributed by atoms with Gasteiger partial charge in [-0.1, -0.05) is 49.6 Å². The van der Waals surface area contributed by atoms with Crippen LogP contribution in [0.3, 0.4) is 0 Å². The predicted octanol–water partition coefficient (Wildman–Crippen LogP) is 4.88. The molecule has 3 aromatic rings. The molecule has 1 saturated carbocycles. The summed E-state index contributed by atoms with van der Waals surface area (Å²) in [7, 11) is 2.07. The lowest BCUT2D eigenvalue weighted by Crippen LogP contribution is -2.24. The van der Waals surface area contributed by atoms with Gasteiger partial charge in [0, 0.05) is 25.1 Å². The average molecular weight is 361 g/mol. The number of nitrogens with one attached hydrogen (secondary N) is 1. The number of anilines is 1. The summed E-state index contributed by atoms with van der Waals surface area (Å²) in [5, 5.41) is 3.10. The molecule has 1 N–H and O–H groups in total. The Labute approximate surface area is 160 Å². The van der Waals surface area contributed by atoms with E-state index in [0.717, 1.165) is 48.2 Å². The second-order valence-electron chi connectivity index (χ2n) is 7.60. The van der Waals surface area contributed by atoms with E-state index < -0.39 is 0 Å². The third-order valence-corrected chi connectivity index (χ3v) is 5.70. The summed E-state index contributed by atoms with van der Waals surface area (Å²) in [4.78, 5) is 17.3. The van der Waals surface area contributed by atoms with Gasteiger partial charge in [0.15, 0.2) is 0 Å². The number of fused-ring (bicyclic) bond motifs is 1. The Morgan fingerprint density at radius 1 is 1.07 bits per heavy atom. The van der Waals surface area contributed by atoms with E-state index in [0.29, 0.717) is 0 Å². The van der Waals surface area contributed by atoms with E-state index in [-0.39, 0.29) is 11.8 Å². The SMILES string of the molecule is Cn1c(CCc2ccccc2)nc2cc(NC(=O)C3CCCCC3)ccc21. The Morgan fingerprint density at radius 2 is 1.85 bits per heavy atom. The Balaban J connectivity index is 1.48. The first kappa shape index (κ1) is 17.8. The van der Waals surface area contributed by atoms with Crippen LogP contribution in [0.25, 0.3) is 11.0 Å². The lowest BCUT2D eigenvalue weighted by molar-refractivity contribution is -0.120. The van der Waals surface area contributed by atoms with E-state index in [1.165, 1.54) is 24.8 Å². The van der Waals surface area contributed by atoms with Gasteiger partial charge in [-0.2, -0.15) is 0 Å². The van der Waals surface area contributed by atoms with E-state index in [4.69, 9.17) is 4.98 Å². The highest BCUT2D eigenvalue weighted by Gasteiger charge is 2.21. The van der Waals surface area contributed by atoms with Crippen LogP contribution >= 0.6 is 0 Å². The monoisotopic (exact) mass is 361 g/mol. The molecule has 0 saturated heterocycles. The third-order valence-electron chi connectivity index (χ3n) is 5.70. The van der Waals surface area contributed by atoms with Crippen LogP contribution in [-0.2, 0) is 24.7 Å². The molecule has 1 aromatic heterocycles. The van der Waals surface area contributed by atoms with E-state index in [1.54, 1.807) is 0 Å². The van der Waals surface area contributed by atoms with Gasteiger partial charge in [0.25, 0.3) is 0 Å². The Morgan fingerprint density at radius 3 is 2.63 bits per heavy atom. The summed E-state index contributed by atoms with van der Waals surface area (Å²) in [6, 6.07) is 16.6. The highest BCUT2D eigenvalue weighted by Crippen LogP contribution is 2.26. The van der Waals surface area contributed by atoms with Crippen molar-refractivity contribution in [3.05, 3.63) is 59.9 Å². The fraction of sp³-hybridized carbons (Fsp3) is 0.391. The molecule has 4 nitrogen and oxygen atoms in total. The van der Waals surface area contributed by atoms with Gasteiger partial charge < -0.3 is 9.88 Å². The zero-order valence-corrected chi connectivity index (χ0v) is 15.9. The standard InChI is InChI=1S/C23H27N3O/c1-26-21-14-13-19(24-23(27)18-10-6-3-7-11-18)16-20(21)25-22(26)15-12-17-8-4-2-5-9-17/h2,4-5,8-9,13-14,16,18H,3,6-7,10-12,15H2,1H3,(H,24,27). The van der Waals surface area contributed by atoms with Crippen molar-refractivity contribution in [2.75, 3.05) is 5.32 Å². The van der Waals surface area contributed by atoms with Crippen LogP contribution in [0.1, 0.15) is 43.5 Å². The molecule has 0 bridgehead atoms. The van der Waals surface area contributed by atoms with Crippen LogP contribution in [0.4, 0.5) is 5.69 Å². The van der Waals surface area contributed by atoms with Crippen molar-refractivity contribution < 1.29 is 4.79 Å². The van der Waals surface area contributed by atoms with Gasteiger partial charge in [0.05, 0.1) is 11.0 Å². The molecule has 140 valence electrons. The molecule has 1 aliphatic carbocycles. The normalized spacial score (nSPS) is 15.1. The number of imidazole rings is 1. The summed E-state index contributed by atoms with van der Waals surface area (Å²) >= 11 is 0. The minimum Gasteiger partial charge on any atom is -0.331 e. The molecule has 0 radical (unpaired) electrons. The summed E-state index contributed by atoms with van der Waals surface area (Å²) < 4.78 is 2.16. The van der Waals surface area contributed by atoms with Crippen molar-refractivity contribution >= 4 is 22.6 Å². The number of hydrogen-bond acceptors (Lipinski definition) is 2. The molecule has 1 amide bonds. The van der Waals surface area contributed by atoms with Crippen LogP contribution in [-0.4, -0.2) is 15.5 Å². The molecular weight excluding hydrogens is 334 g/mol. The second kappa shape index (κ2) is 7.95. The Bertz CT molecular complexity index is 923. The van der Waals surface area contributed by atoms with Gasteiger partial charge in [-0.25, -0.2) is 4.98 Å². The first-order valence-electron chi connectivity index (χ1n) is 10.0. The van der Waals surface area contributed by atoms with E-state index >= 15 is 0 Å². The molecule has 0 unspecified atom stereocenters. The summed E-state index contributed by atoms with van der Waals surface area (Å²) in [5.41, 5.74) is 4.23. The Hall–Kier alpha value is -2.62. The highest BCUT2D eigenvalue weighted by molar-refractivity contribution is 5.94. The van der Waals surface area contributed by atoms with Crippen molar-refractivity contribution in [1.29, 1.82) is 0 Å². The number of hydrogen-bond donors (Lipinski definition) is 1. The predicted molar refractivity (Wildman–Crippen MR) is 110 cm³/mol. The molecule has 27 heavy (non-hydrogen) atoms. The van der Waals surface area contributed by atoms with Crippen LogP contribution in [0.5, 0.6) is 0 Å². The van der Waals surface area contributed by atoms with Crippen LogP contribution in [0, 0.1) is 5.92 Å². The zero-order chi connectivity index (χ0) is 18.6. The molecule has 1 aliphatic rings. The first-order chi connectivity index (χ1) is 13.2. The molecule has 1 fully saturated rings. The van der Waals surface area contributed by atoms with Gasteiger partial charge in [0.2, 0.25) is 5.91 Å². The first-order valence-corrected chi connectivity index (χ1v) is 10.0. The maximum Gasteiger partial charge on any atom is 0.227 e. The quantitative estimate of drug-likeness (QED) is 0.704. The van der Waals surface area contributed by atoms with E-state index in [2.05, 4.69) is 47.3 Å². The summed E-state index contributed by atoms with van der Waals surface area (Å²) in [5.74, 6) is 1.40. The molecule has 4 heteroatoms. The molecule has 4 rings (SSSR count). The Kier molecular flexibility index (Phi) is 5.23. The lowest BCUT2D eigenvalue weighted by atomic mass is 9.88. The molecule has 0 spiro atoms. The highest BCUT2D eigenvalue weighted by atomic mass is 16.1. The van der Waals surface area contributed by atoms with Crippen LogP contribution in [0.15, 0.2) is 48.5 Å². The number of benzene rings is 2. The van der Waals surface area contributed by atoms with Gasteiger partial charge in [0.1, 0.15) is 5.82 Å². The molecular formula is C23H27N3O. The van der Waals surface area contributed by atoms with Crippen molar-refractivity contribution in [2.24, 2.45) is 13.0 Å². The number of aryl methyl sites for hydroxylation is 3. The van der Waals surface area contributed by atoms with Gasteiger partial charge in [-0.15, -0.1) is 0 Å². The fourth-order valence-corrected chi connectivity index (χ4v) is 4.06. The van der Waals surface area contributed by atoms with Crippen molar-refractivity contribution in [3.8, 4) is 0 Å². The van der Waals surface area contributed by atoms with E-state index in [1.807, 2.05) is 18.2 Å². The minimum absolute atomic E-state index is 0.161. The maximum absolute atomic E-state index is 12.5. The van der Waals surface area contributed by atoms with Gasteiger partial charge >= 0.3 is 0 Å². The molecule has 2 aromatic carbocycles. The van der Waals surface area contributed by atoms with Crippen molar-refractivity contribution in [1.82, 2.24) is 9.55 Å². The largest absolute Gasteiger partial charge is 0.331 e. The third kappa shape index (κ3) is 4.05. The van der Waals surface area contributed by atoms with Crippen molar-refractivity contribution in [3.63, 3.8) is 0 Å². The fourth-order valence-electron chi connectivity index (χ4n) is 4.06. The number of nitrogens with zero attached hydrogens (tertiary/aromatic N) is 2. The number of aromatic nitrogens is 2. The van der Waals surface area contributed by atoms with Gasteiger partial charge in [-0.3, -0.25) is 4.79 Å². The molecule has 0 atom stereocenters. The smallest absolute Gasteiger partial charge is 0.227 e. The van der Waals surface area contributed by atoms with Crippen LogP contribution < -0.4 is 5.32 Å². The average Bonchev–Trinajstić information content (AvgIpc) is 3.03. The summed E-state index contributed by atoms with van der Waals surface area (Å²) in [6.45, 7) is 0. The minimum atomic E-state index is 0.161. The van der Waals surface area contributed by atoms with Gasteiger partial charge in [-0.05, 0) is 43.0 Å². The lowest BCUT2D eigenvalue weighted by Gasteiger charge is -2.20.